The first-order chi connectivity index (χ1) is 11.4. The quantitative estimate of drug-likeness (QED) is 0.760. The number of aromatic nitrogens is 1. The number of hydrogen-bond acceptors (Lipinski definition) is 7. The van der Waals surface area contributed by atoms with Crippen LogP contribution in [0, 0.1) is 6.92 Å². The van der Waals surface area contributed by atoms with Gasteiger partial charge in [0.05, 0.1) is 0 Å². The molecule has 1 heterocycles. The Morgan fingerprint density at radius 2 is 1.96 bits per heavy atom. The SMILES string of the molecule is Cc1ccc(OCc2nc(C(=O)OCC(=O)NC(N)=O)cs2)cc1. The molecule has 0 radical (unpaired) electrons. The van der Waals surface area contributed by atoms with E-state index in [0.29, 0.717) is 10.8 Å². The normalized spacial score (nSPS) is 10.0. The average Bonchev–Trinajstić information content (AvgIpc) is 3.00. The molecule has 0 aliphatic heterocycles. The number of urea groups is 1. The zero-order valence-electron chi connectivity index (χ0n) is 12.8. The van der Waals surface area contributed by atoms with Crippen molar-refractivity contribution in [1.29, 1.82) is 0 Å². The Balaban J connectivity index is 1.83. The number of primary amides is 1. The molecule has 8 nitrogen and oxygen atoms in total. The van der Waals surface area contributed by atoms with Gasteiger partial charge in [0.15, 0.2) is 12.3 Å². The van der Waals surface area contributed by atoms with Crippen LogP contribution in [0.25, 0.3) is 0 Å². The predicted molar refractivity (Wildman–Crippen MR) is 85.6 cm³/mol. The van der Waals surface area contributed by atoms with Crippen LogP contribution in [0.3, 0.4) is 0 Å². The van der Waals surface area contributed by atoms with Crippen LogP contribution >= 0.6 is 11.3 Å². The molecule has 0 aliphatic rings. The third-order valence-corrected chi connectivity index (χ3v) is 3.56. The van der Waals surface area contributed by atoms with Gasteiger partial charge >= 0.3 is 12.0 Å². The lowest BCUT2D eigenvalue weighted by Gasteiger charge is -2.04. The van der Waals surface area contributed by atoms with Gasteiger partial charge in [-0.1, -0.05) is 17.7 Å². The summed E-state index contributed by atoms with van der Waals surface area (Å²) in [4.78, 5) is 37.4. The number of amides is 3. The van der Waals surface area contributed by atoms with E-state index in [0.717, 1.165) is 5.56 Å². The molecule has 2 rings (SSSR count). The summed E-state index contributed by atoms with van der Waals surface area (Å²) in [5.74, 6) is -0.885. The molecule has 0 saturated carbocycles. The van der Waals surface area contributed by atoms with Crippen LogP contribution in [0.15, 0.2) is 29.6 Å². The van der Waals surface area contributed by atoms with Crippen molar-refractivity contribution in [3.05, 3.63) is 45.9 Å². The standard InChI is InChI=1S/C15H15N3O5S/c1-9-2-4-10(5-3-9)22-7-13-17-11(8-24-13)14(20)23-6-12(19)18-15(16)21/h2-5,8H,6-7H2,1H3,(H3,16,18,19,21). The summed E-state index contributed by atoms with van der Waals surface area (Å²) in [5.41, 5.74) is 5.96. The van der Waals surface area contributed by atoms with Crippen LogP contribution in [0.1, 0.15) is 21.1 Å². The van der Waals surface area contributed by atoms with Gasteiger partial charge in [0.25, 0.3) is 5.91 Å². The number of nitrogens with zero attached hydrogens (tertiary/aromatic N) is 1. The lowest BCUT2D eigenvalue weighted by molar-refractivity contribution is -0.123. The number of nitrogens with one attached hydrogen (secondary N) is 1. The molecule has 3 amide bonds. The molecule has 1 aromatic carbocycles. The van der Waals surface area contributed by atoms with Gasteiger partial charge in [-0.15, -0.1) is 11.3 Å². The summed E-state index contributed by atoms with van der Waals surface area (Å²) in [6, 6.07) is 6.53. The van der Waals surface area contributed by atoms with Crippen molar-refractivity contribution in [3.8, 4) is 5.75 Å². The van der Waals surface area contributed by atoms with E-state index in [1.165, 1.54) is 16.7 Å². The van der Waals surface area contributed by atoms with Crippen LogP contribution in [-0.4, -0.2) is 29.5 Å². The average molecular weight is 349 g/mol. The molecule has 24 heavy (non-hydrogen) atoms. The molecule has 3 N–H and O–H groups in total. The minimum absolute atomic E-state index is 0.0642. The van der Waals surface area contributed by atoms with E-state index in [2.05, 4.69) is 4.98 Å². The van der Waals surface area contributed by atoms with Crippen LogP contribution in [-0.2, 0) is 16.1 Å². The topological polar surface area (TPSA) is 121 Å². The number of carbonyl (C=O) groups is 3. The summed E-state index contributed by atoms with van der Waals surface area (Å²) < 4.78 is 10.3. The molecule has 0 atom stereocenters. The van der Waals surface area contributed by atoms with Crippen molar-refractivity contribution in [2.45, 2.75) is 13.5 Å². The number of benzene rings is 1. The largest absolute Gasteiger partial charge is 0.486 e. The zero-order valence-corrected chi connectivity index (χ0v) is 13.6. The zero-order chi connectivity index (χ0) is 17.5. The van der Waals surface area contributed by atoms with Gasteiger partial charge in [-0.05, 0) is 19.1 Å². The molecular weight excluding hydrogens is 334 g/mol. The molecule has 126 valence electrons. The Morgan fingerprint density at radius 1 is 1.25 bits per heavy atom. The van der Waals surface area contributed by atoms with Crippen LogP contribution in [0.4, 0.5) is 4.79 Å². The fourth-order valence-corrected chi connectivity index (χ4v) is 2.30. The molecule has 0 fully saturated rings. The van der Waals surface area contributed by atoms with E-state index in [4.69, 9.17) is 15.2 Å². The molecule has 0 aliphatic carbocycles. The van der Waals surface area contributed by atoms with Gasteiger partial charge in [0.2, 0.25) is 0 Å². The Bertz CT molecular complexity index is 742. The maximum absolute atomic E-state index is 11.7. The third kappa shape index (κ3) is 5.36. The Morgan fingerprint density at radius 3 is 2.62 bits per heavy atom. The monoisotopic (exact) mass is 349 g/mol. The second-order valence-electron chi connectivity index (χ2n) is 4.72. The fourth-order valence-electron chi connectivity index (χ4n) is 1.63. The summed E-state index contributed by atoms with van der Waals surface area (Å²) >= 11 is 1.23. The van der Waals surface area contributed by atoms with Gasteiger partial charge in [0, 0.05) is 5.38 Å². The molecule has 9 heteroatoms. The van der Waals surface area contributed by atoms with Crippen molar-refractivity contribution in [3.63, 3.8) is 0 Å². The Kier molecular flexibility index (Phi) is 5.85. The van der Waals surface area contributed by atoms with Crippen molar-refractivity contribution >= 4 is 29.2 Å². The lowest BCUT2D eigenvalue weighted by Crippen LogP contribution is -2.37. The lowest BCUT2D eigenvalue weighted by atomic mass is 10.2. The van der Waals surface area contributed by atoms with Crippen molar-refractivity contribution in [2.75, 3.05) is 6.61 Å². The van der Waals surface area contributed by atoms with Gasteiger partial charge in [0.1, 0.15) is 17.4 Å². The predicted octanol–water partition coefficient (Wildman–Crippen LogP) is 1.38. The van der Waals surface area contributed by atoms with Crippen LogP contribution in [0.2, 0.25) is 0 Å². The minimum Gasteiger partial charge on any atom is -0.486 e. The second-order valence-corrected chi connectivity index (χ2v) is 5.66. The maximum Gasteiger partial charge on any atom is 0.358 e. The summed E-state index contributed by atoms with van der Waals surface area (Å²) in [5, 5.41) is 3.87. The number of esters is 1. The van der Waals surface area contributed by atoms with E-state index in [1.807, 2.05) is 31.2 Å². The number of ether oxygens (including phenoxy) is 2. The highest BCUT2D eigenvalue weighted by atomic mass is 32.1. The molecule has 0 bridgehead atoms. The highest BCUT2D eigenvalue weighted by molar-refractivity contribution is 7.09. The van der Waals surface area contributed by atoms with Crippen molar-refractivity contribution < 1.29 is 23.9 Å². The second kappa shape index (κ2) is 8.06. The Labute approximate surface area is 141 Å². The molecule has 1 aromatic heterocycles. The molecule has 0 unspecified atom stereocenters. The third-order valence-electron chi connectivity index (χ3n) is 2.74. The highest BCUT2D eigenvalue weighted by Gasteiger charge is 2.15. The van der Waals surface area contributed by atoms with Crippen LogP contribution < -0.4 is 15.8 Å². The fraction of sp³-hybridized carbons (Fsp3) is 0.200. The first-order valence-electron chi connectivity index (χ1n) is 6.84. The smallest absolute Gasteiger partial charge is 0.358 e. The Hall–Kier alpha value is -2.94. The number of carbonyl (C=O) groups excluding carboxylic acids is 3. The van der Waals surface area contributed by atoms with E-state index in [1.54, 1.807) is 5.32 Å². The van der Waals surface area contributed by atoms with E-state index in [9.17, 15) is 14.4 Å². The first kappa shape index (κ1) is 17.4. The van der Waals surface area contributed by atoms with Crippen molar-refractivity contribution in [1.82, 2.24) is 10.3 Å². The molecule has 0 saturated heterocycles. The number of rotatable bonds is 6. The number of hydrogen-bond donors (Lipinski definition) is 2. The minimum atomic E-state index is -1.01. The summed E-state index contributed by atoms with van der Waals surface area (Å²) in [7, 11) is 0. The van der Waals surface area contributed by atoms with Gasteiger partial charge in [-0.25, -0.2) is 14.6 Å². The number of aryl methyl sites for hydroxylation is 1. The van der Waals surface area contributed by atoms with E-state index in [-0.39, 0.29) is 12.3 Å². The highest BCUT2D eigenvalue weighted by Crippen LogP contribution is 2.16. The number of imide groups is 1. The first-order valence-corrected chi connectivity index (χ1v) is 7.72. The van der Waals surface area contributed by atoms with Crippen LogP contribution in [0.5, 0.6) is 5.75 Å². The van der Waals surface area contributed by atoms with E-state index < -0.39 is 24.5 Å². The molecule has 2 aromatic rings. The summed E-state index contributed by atoms with van der Waals surface area (Å²) in [6.45, 7) is 1.57. The molecule has 0 spiro atoms. The number of thiazole rings is 1. The number of nitrogens with two attached hydrogens (primary N) is 1. The van der Waals surface area contributed by atoms with E-state index >= 15 is 0 Å². The molecular formula is C15H15N3O5S. The van der Waals surface area contributed by atoms with Gasteiger partial charge in [-0.2, -0.15) is 0 Å². The van der Waals surface area contributed by atoms with Gasteiger partial charge in [-0.3, -0.25) is 10.1 Å². The van der Waals surface area contributed by atoms with Gasteiger partial charge < -0.3 is 15.2 Å². The van der Waals surface area contributed by atoms with Crippen molar-refractivity contribution in [2.24, 2.45) is 5.73 Å². The summed E-state index contributed by atoms with van der Waals surface area (Å²) in [6.07, 6.45) is 0. The maximum atomic E-state index is 11.7.